The van der Waals surface area contributed by atoms with Crippen molar-refractivity contribution >= 4 is 47.5 Å². The molecular weight excluding hydrogens is 550 g/mol. The minimum absolute atomic E-state index is 0. The molecule has 10 nitrogen and oxygen atoms in total. The molecule has 1 aromatic carbocycles. The summed E-state index contributed by atoms with van der Waals surface area (Å²) < 4.78 is 0. The molecule has 1 unspecified atom stereocenters. The van der Waals surface area contributed by atoms with Gasteiger partial charge in [-0.25, -0.2) is 9.97 Å². The number of piperidine rings is 1. The maximum atomic E-state index is 12.7. The second kappa shape index (κ2) is 14.6. The first-order chi connectivity index (χ1) is 18.9. The van der Waals surface area contributed by atoms with Gasteiger partial charge in [0.1, 0.15) is 17.5 Å². The highest BCUT2D eigenvalue weighted by molar-refractivity contribution is 7.98. The van der Waals surface area contributed by atoms with Crippen LogP contribution >= 0.6 is 24.2 Å². The smallest absolute Gasteiger partial charge is 0.223 e. The summed E-state index contributed by atoms with van der Waals surface area (Å²) >= 11 is 1.35. The van der Waals surface area contributed by atoms with Gasteiger partial charge in [0.05, 0.1) is 24.0 Å². The molecule has 3 aromatic rings. The molecule has 0 spiro atoms. The van der Waals surface area contributed by atoms with E-state index in [1.54, 1.807) is 29.2 Å². The molecule has 4 N–H and O–H groups in total. The fourth-order valence-electron chi connectivity index (χ4n) is 4.54. The number of hydrogen-bond acceptors (Lipinski definition) is 9. The molecule has 2 aromatic heterocycles. The maximum absolute atomic E-state index is 12.7. The van der Waals surface area contributed by atoms with Crippen molar-refractivity contribution in [2.45, 2.75) is 56.0 Å². The fraction of sp³-hybridized carbons (Fsp3) is 0.357. The Morgan fingerprint density at radius 2 is 1.90 bits per heavy atom. The molecule has 12 heteroatoms. The molecular formula is C28H32ClN7O3S. The number of nitrogens with one attached hydrogen (secondary N) is 1. The fourth-order valence-corrected chi connectivity index (χ4v) is 5.30. The molecule has 2 amide bonds. The van der Waals surface area contributed by atoms with E-state index in [1.165, 1.54) is 18.7 Å². The Labute approximate surface area is 243 Å². The van der Waals surface area contributed by atoms with Crippen molar-refractivity contribution in [3.63, 3.8) is 0 Å². The standard InChI is InChI=1S/C28H31N7O3S.ClH/c1-18(37)31-21-10-8-19(9-11-21)26-24(15-29)27(30)34-28(33-26)39-17-22-6-4-5-20(32-22)12-13-25(38)35-14-3-2-7-23(35)16-36;/h4-6,8-11,23,36H,2-3,7,12-14,16-17H2,1H3,(H,31,37)(H2,30,33,34);1H. The lowest BCUT2D eigenvalue weighted by molar-refractivity contribution is -0.135. The number of hydrogen-bond donors (Lipinski definition) is 3. The van der Waals surface area contributed by atoms with Crippen LogP contribution in [0.25, 0.3) is 11.3 Å². The number of likely N-dealkylation sites (tertiary alicyclic amines) is 1. The monoisotopic (exact) mass is 581 g/mol. The van der Waals surface area contributed by atoms with Crippen LogP contribution in [0, 0.1) is 11.3 Å². The van der Waals surface area contributed by atoms with Crippen LogP contribution in [0.1, 0.15) is 49.6 Å². The number of pyridine rings is 1. The van der Waals surface area contributed by atoms with Crippen molar-refractivity contribution in [3.8, 4) is 17.3 Å². The molecule has 1 aliphatic rings. The summed E-state index contributed by atoms with van der Waals surface area (Å²) in [5.74, 6) is 0.448. The molecule has 0 radical (unpaired) electrons. The van der Waals surface area contributed by atoms with E-state index >= 15 is 0 Å². The third-order valence-electron chi connectivity index (χ3n) is 6.47. The van der Waals surface area contributed by atoms with E-state index in [-0.39, 0.29) is 48.3 Å². The number of carbonyl (C=O) groups excluding carboxylic acids is 2. The number of nitrogen functional groups attached to an aromatic ring is 1. The van der Waals surface area contributed by atoms with Gasteiger partial charge >= 0.3 is 0 Å². The molecule has 1 aliphatic heterocycles. The van der Waals surface area contributed by atoms with E-state index in [2.05, 4.69) is 21.4 Å². The average molecular weight is 582 g/mol. The minimum Gasteiger partial charge on any atom is -0.394 e. The van der Waals surface area contributed by atoms with Crippen LogP contribution in [-0.2, 0) is 21.8 Å². The zero-order chi connectivity index (χ0) is 27.8. The van der Waals surface area contributed by atoms with Gasteiger partial charge in [-0.05, 0) is 49.9 Å². The van der Waals surface area contributed by atoms with Crippen LogP contribution in [0.5, 0.6) is 0 Å². The number of nitrogens with two attached hydrogens (primary N) is 1. The number of nitriles is 1. The van der Waals surface area contributed by atoms with Crippen molar-refractivity contribution in [2.24, 2.45) is 0 Å². The van der Waals surface area contributed by atoms with Crippen LogP contribution < -0.4 is 11.1 Å². The Bertz CT molecular complexity index is 1380. The number of benzene rings is 1. The van der Waals surface area contributed by atoms with E-state index < -0.39 is 0 Å². The lowest BCUT2D eigenvalue weighted by Gasteiger charge is -2.34. The van der Waals surface area contributed by atoms with Crippen molar-refractivity contribution in [1.82, 2.24) is 19.9 Å². The van der Waals surface area contributed by atoms with Crippen molar-refractivity contribution in [3.05, 3.63) is 59.4 Å². The van der Waals surface area contributed by atoms with Crippen LogP contribution in [0.3, 0.4) is 0 Å². The van der Waals surface area contributed by atoms with Gasteiger partial charge in [-0.3, -0.25) is 14.6 Å². The van der Waals surface area contributed by atoms with Gasteiger partial charge in [0, 0.05) is 42.6 Å². The molecule has 0 saturated carbocycles. The lowest BCUT2D eigenvalue weighted by Crippen LogP contribution is -2.45. The summed E-state index contributed by atoms with van der Waals surface area (Å²) in [6.07, 6.45) is 3.72. The number of thioether (sulfide) groups is 1. The first-order valence-corrected chi connectivity index (χ1v) is 13.8. The molecule has 210 valence electrons. The highest BCUT2D eigenvalue weighted by Crippen LogP contribution is 2.29. The van der Waals surface area contributed by atoms with Crippen LogP contribution in [0.2, 0.25) is 0 Å². The number of aromatic nitrogens is 3. The molecule has 1 atom stereocenters. The quantitative estimate of drug-likeness (QED) is 0.251. The van der Waals surface area contributed by atoms with Crippen molar-refractivity contribution in [1.29, 1.82) is 5.26 Å². The Hall–Kier alpha value is -3.72. The first kappa shape index (κ1) is 30.8. The number of rotatable bonds is 9. The number of carbonyl (C=O) groups is 2. The summed E-state index contributed by atoms with van der Waals surface area (Å²) in [6, 6.07) is 14.7. The summed E-state index contributed by atoms with van der Waals surface area (Å²) in [5, 5.41) is 22.4. The summed E-state index contributed by atoms with van der Waals surface area (Å²) in [6.45, 7) is 2.13. The highest BCUT2D eigenvalue weighted by Gasteiger charge is 2.25. The molecule has 0 bridgehead atoms. The van der Waals surface area contributed by atoms with Crippen LogP contribution in [0.4, 0.5) is 11.5 Å². The summed E-state index contributed by atoms with van der Waals surface area (Å²) in [5.41, 5.74) is 9.65. The van der Waals surface area contributed by atoms with Crippen LogP contribution in [-0.4, -0.2) is 56.0 Å². The zero-order valence-electron chi connectivity index (χ0n) is 22.2. The molecule has 40 heavy (non-hydrogen) atoms. The Balaban J connectivity index is 0.00000441. The molecule has 0 aliphatic carbocycles. The van der Waals surface area contributed by atoms with E-state index in [0.717, 1.165) is 30.7 Å². The number of halogens is 1. The largest absolute Gasteiger partial charge is 0.394 e. The number of anilines is 2. The molecule has 1 fully saturated rings. The second-order valence-corrected chi connectivity index (χ2v) is 10.3. The second-order valence-electron chi connectivity index (χ2n) is 9.31. The first-order valence-electron chi connectivity index (χ1n) is 12.8. The Morgan fingerprint density at radius 3 is 2.60 bits per heavy atom. The van der Waals surface area contributed by atoms with Gasteiger partial charge in [0.2, 0.25) is 11.8 Å². The summed E-state index contributed by atoms with van der Waals surface area (Å²) in [4.78, 5) is 39.4. The summed E-state index contributed by atoms with van der Waals surface area (Å²) in [7, 11) is 0. The van der Waals surface area contributed by atoms with E-state index in [4.69, 9.17) is 10.7 Å². The van der Waals surface area contributed by atoms with Gasteiger partial charge in [-0.2, -0.15) is 5.26 Å². The number of aliphatic hydroxyl groups excluding tert-OH is 1. The topological polar surface area (TPSA) is 158 Å². The number of nitrogens with zero attached hydrogens (tertiary/aromatic N) is 5. The zero-order valence-corrected chi connectivity index (χ0v) is 23.8. The lowest BCUT2D eigenvalue weighted by atomic mass is 10.0. The van der Waals surface area contributed by atoms with Crippen molar-refractivity contribution < 1.29 is 14.7 Å². The van der Waals surface area contributed by atoms with E-state index in [0.29, 0.717) is 47.2 Å². The van der Waals surface area contributed by atoms with Gasteiger partial charge < -0.3 is 21.1 Å². The Morgan fingerprint density at radius 1 is 1.15 bits per heavy atom. The predicted octanol–water partition coefficient (Wildman–Crippen LogP) is 3.97. The normalized spacial score (nSPS) is 14.6. The highest BCUT2D eigenvalue weighted by atomic mass is 35.5. The SMILES string of the molecule is CC(=O)Nc1ccc(-c2nc(SCc3cccc(CCC(=O)N4CCCCC4CO)n3)nc(N)c2C#N)cc1.Cl. The molecule has 1 saturated heterocycles. The minimum atomic E-state index is -0.174. The predicted molar refractivity (Wildman–Crippen MR) is 157 cm³/mol. The number of aryl methyl sites for hydroxylation is 1. The number of amides is 2. The third kappa shape index (κ3) is 7.91. The van der Waals surface area contributed by atoms with E-state index in [9.17, 15) is 20.0 Å². The Kier molecular flexibility index (Phi) is 11.3. The van der Waals surface area contributed by atoms with Gasteiger partial charge in [-0.15, -0.1) is 12.4 Å². The van der Waals surface area contributed by atoms with E-state index in [1.807, 2.05) is 18.2 Å². The molecule has 3 heterocycles. The maximum Gasteiger partial charge on any atom is 0.223 e. The molecule has 4 rings (SSSR count). The third-order valence-corrected chi connectivity index (χ3v) is 7.35. The number of aliphatic hydroxyl groups is 1. The van der Waals surface area contributed by atoms with Gasteiger partial charge in [0.25, 0.3) is 0 Å². The van der Waals surface area contributed by atoms with Crippen LogP contribution in [0.15, 0.2) is 47.6 Å². The average Bonchev–Trinajstić information content (AvgIpc) is 2.95. The van der Waals surface area contributed by atoms with Crippen molar-refractivity contribution in [2.75, 3.05) is 24.2 Å². The van der Waals surface area contributed by atoms with Gasteiger partial charge in [0.15, 0.2) is 5.16 Å². The van der Waals surface area contributed by atoms with Gasteiger partial charge in [-0.1, -0.05) is 30.0 Å².